The number of anilines is 1. The lowest BCUT2D eigenvalue weighted by Crippen LogP contribution is -2.31. The zero-order valence-electron chi connectivity index (χ0n) is 12.0. The molecule has 0 radical (unpaired) electrons. The number of esters is 1. The van der Waals surface area contributed by atoms with Gasteiger partial charge in [0.1, 0.15) is 13.2 Å². The number of nitrogens with zero attached hydrogens (tertiary/aromatic N) is 1. The van der Waals surface area contributed by atoms with Gasteiger partial charge in [-0.2, -0.15) is 0 Å². The van der Waals surface area contributed by atoms with Crippen LogP contribution in [0.15, 0.2) is 30.3 Å². The lowest BCUT2D eigenvalue weighted by molar-refractivity contribution is -0.144. The first-order valence-electron chi connectivity index (χ1n) is 6.70. The molecule has 0 heterocycles. The van der Waals surface area contributed by atoms with Crippen molar-refractivity contribution in [2.24, 2.45) is 0 Å². The minimum Gasteiger partial charge on any atom is -0.462 e. The smallest absolute Gasteiger partial charge is 0.325 e. The van der Waals surface area contributed by atoms with E-state index in [0.717, 1.165) is 12.2 Å². The van der Waals surface area contributed by atoms with Gasteiger partial charge in [0.25, 0.3) is 0 Å². The van der Waals surface area contributed by atoms with Crippen LogP contribution in [0.1, 0.15) is 20.8 Å². The van der Waals surface area contributed by atoms with Gasteiger partial charge in [0, 0.05) is 12.2 Å². The molecule has 0 N–H and O–H groups in total. The van der Waals surface area contributed by atoms with E-state index in [2.05, 4.69) is 0 Å². The molecule has 0 amide bonds. The first kappa shape index (κ1) is 15.5. The number of benzene rings is 1. The maximum atomic E-state index is 11.7. The van der Waals surface area contributed by atoms with E-state index in [1.54, 1.807) is 0 Å². The number of hydrogen-bond acceptors (Lipinski definition) is 4. The molecule has 0 aliphatic rings. The Balaban J connectivity index is 2.33. The highest BCUT2D eigenvalue weighted by molar-refractivity contribution is 5.75. The summed E-state index contributed by atoms with van der Waals surface area (Å²) < 4.78 is 10.5. The Morgan fingerprint density at radius 1 is 1.21 bits per heavy atom. The number of hydrogen-bond donors (Lipinski definition) is 0. The molecule has 0 aliphatic carbocycles. The molecule has 0 atom stereocenters. The second-order valence-electron chi connectivity index (χ2n) is 4.49. The van der Waals surface area contributed by atoms with Crippen molar-refractivity contribution in [3.05, 3.63) is 30.3 Å². The minimum absolute atomic E-state index is 0.162. The number of rotatable bonds is 8. The summed E-state index contributed by atoms with van der Waals surface area (Å²) in [6.07, 6.45) is 0.162. The minimum atomic E-state index is -0.224. The molecule has 1 rings (SSSR count). The van der Waals surface area contributed by atoms with Crippen molar-refractivity contribution in [1.82, 2.24) is 0 Å². The maximum Gasteiger partial charge on any atom is 0.325 e. The molecule has 0 saturated heterocycles. The molecule has 0 unspecified atom stereocenters. The molecule has 0 fully saturated rings. The van der Waals surface area contributed by atoms with Crippen LogP contribution in [0.3, 0.4) is 0 Å². The lowest BCUT2D eigenvalue weighted by atomic mass is 10.3. The Morgan fingerprint density at radius 3 is 2.47 bits per heavy atom. The molecule has 106 valence electrons. The van der Waals surface area contributed by atoms with Crippen LogP contribution < -0.4 is 4.90 Å². The topological polar surface area (TPSA) is 38.8 Å². The highest BCUT2D eigenvalue weighted by atomic mass is 16.6. The van der Waals surface area contributed by atoms with Gasteiger partial charge in [-0.05, 0) is 32.9 Å². The summed E-state index contributed by atoms with van der Waals surface area (Å²) >= 11 is 0. The van der Waals surface area contributed by atoms with Crippen molar-refractivity contribution in [1.29, 1.82) is 0 Å². The van der Waals surface area contributed by atoms with Gasteiger partial charge in [-0.25, -0.2) is 0 Å². The SMILES string of the molecule is CCN(CC(=O)OCCOC(C)C)c1ccccc1. The second kappa shape index (κ2) is 8.53. The molecule has 4 heteroatoms. The number of ether oxygens (including phenoxy) is 2. The zero-order valence-corrected chi connectivity index (χ0v) is 12.0. The summed E-state index contributed by atoms with van der Waals surface area (Å²) in [5, 5.41) is 0. The van der Waals surface area contributed by atoms with E-state index in [1.807, 2.05) is 56.0 Å². The van der Waals surface area contributed by atoms with Crippen LogP contribution in [0.25, 0.3) is 0 Å². The molecule has 4 nitrogen and oxygen atoms in total. The first-order chi connectivity index (χ1) is 9.13. The van der Waals surface area contributed by atoms with E-state index >= 15 is 0 Å². The Morgan fingerprint density at radius 2 is 1.89 bits per heavy atom. The monoisotopic (exact) mass is 265 g/mol. The van der Waals surface area contributed by atoms with Gasteiger partial charge in [0.2, 0.25) is 0 Å². The van der Waals surface area contributed by atoms with Crippen molar-refractivity contribution < 1.29 is 14.3 Å². The van der Waals surface area contributed by atoms with Gasteiger partial charge < -0.3 is 14.4 Å². The molecule has 0 aliphatic heterocycles. The van der Waals surface area contributed by atoms with Crippen molar-refractivity contribution in [3.63, 3.8) is 0 Å². The third kappa shape index (κ3) is 6.25. The Kier molecular flexibility index (Phi) is 6.97. The van der Waals surface area contributed by atoms with Gasteiger partial charge in [0.15, 0.2) is 0 Å². The molecule has 19 heavy (non-hydrogen) atoms. The summed E-state index contributed by atoms with van der Waals surface area (Å²) in [4.78, 5) is 13.7. The third-order valence-electron chi connectivity index (χ3n) is 2.62. The van der Waals surface area contributed by atoms with Gasteiger partial charge in [0.05, 0.1) is 12.7 Å². The van der Waals surface area contributed by atoms with Crippen LogP contribution in [0.4, 0.5) is 5.69 Å². The largest absolute Gasteiger partial charge is 0.462 e. The summed E-state index contributed by atoms with van der Waals surface area (Å²) in [7, 11) is 0. The quantitative estimate of drug-likeness (QED) is 0.534. The number of carbonyl (C=O) groups is 1. The molecular formula is C15H23NO3. The van der Waals surface area contributed by atoms with Crippen molar-refractivity contribution in [2.45, 2.75) is 26.9 Å². The van der Waals surface area contributed by atoms with Crippen LogP contribution in [0.5, 0.6) is 0 Å². The highest BCUT2D eigenvalue weighted by Crippen LogP contribution is 2.12. The number of likely N-dealkylation sites (N-methyl/N-ethyl adjacent to an activating group) is 1. The highest BCUT2D eigenvalue weighted by Gasteiger charge is 2.10. The Labute approximate surface area is 115 Å². The third-order valence-corrected chi connectivity index (χ3v) is 2.62. The van der Waals surface area contributed by atoms with Gasteiger partial charge in [-0.15, -0.1) is 0 Å². The second-order valence-corrected chi connectivity index (χ2v) is 4.49. The van der Waals surface area contributed by atoms with Gasteiger partial charge in [-0.3, -0.25) is 4.79 Å². The average Bonchev–Trinajstić information content (AvgIpc) is 2.41. The van der Waals surface area contributed by atoms with E-state index in [4.69, 9.17) is 9.47 Å². The van der Waals surface area contributed by atoms with Crippen LogP contribution >= 0.6 is 0 Å². The van der Waals surface area contributed by atoms with Crippen LogP contribution in [0.2, 0.25) is 0 Å². The molecular weight excluding hydrogens is 242 g/mol. The lowest BCUT2D eigenvalue weighted by Gasteiger charge is -2.21. The molecule has 1 aromatic carbocycles. The van der Waals surface area contributed by atoms with Crippen LogP contribution in [-0.4, -0.2) is 38.4 Å². The fraction of sp³-hybridized carbons (Fsp3) is 0.533. The van der Waals surface area contributed by atoms with Crippen molar-refractivity contribution in [2.75, 3.05) is 31.2 Å². The van der Waals surface area contributed by atoms with Crippen molar-refractivity contribution >= 4 is 11.7 Å². The van der Waals surface area contributed by atoms with Crippen LogP contribution in [0, 0.1) is 0 Å². The van der Waals surface area contributed by atoms with Crippen LogP contribution in [-0.2, 0) is 14.3 Å². The fourth-order valence-electron chi connectivity index (χ4n) is 1.67. The standard InChI is InChI=1S/C15H23NO3/c1-4-16(14-8-6-5-7-9-14)12-15(17)19-11-10-18-13(2)3/h5-9,13H,4,10-12H2,1-3H3. The van der Waals surface area contributed by atoms with E-state index in [-0.39, 0.29) is 18.6 Å². The Bertz CT molecular complexity index is 365. The molecule has 1 aromatic rings. The molecule has 0 aromatic heterocycles. The average molecular weight is 265 g/mol. The fourth-order valence-corrected chi connectivity index (χ4v) is 1.67. The van der Waals surface area contributed by atoms with Gasteiger partial charge >= 0.3 is 5.97 Å². The predicted octanol–water partition coefficient (Wildman–Crippen LogP) is 2.48. The summed E-state index contributed by atoms with van der Waals surface area (Å²) in [6.45, 7) is 7.71. The number of para-hydroxylation sites is 1. The molecule has 0 bridgehead atoms. The summed E-state index contributed by atoms with van der Waals surface area (Å²) in [6, 6.07) is 9.84. The Hall–Kier alpha value is -1.55. The van der Waals surface area contributed by atoms with Gasteiger partial charge in [-0.1, -0.05) is 18.2 Å². The summed E-state index contributed by atoms with van der Waals surface area (Å²) in [5.74, 6) is -0.224. The van der Waals surface area contributed by atoms with E-state index in [9.17, 15) is 4.79 Å². The van der Waals surface area contributed by atoms with E-state index in [1.165, 1.54) is 0 Å². The normalized spacial score (nSPS) is 10.5. The maximum absolute atomic E-state index is 11.7. The molecule has 0 spiro atoms. The number of carbonyl (C=O) groups excluding carboxylic acids is 1. The van der Waals surface area contributed by atoms with E-state index < -0.39 is 0 Å². The summed E-state index contributed by atoms with van der Waals surface area (Å²) in [5.41, 5.74) is 1.03. The predicted molar refractivity (Wildman–Crippen MR) is 76.4 cm³/mol. The van der Waals surface area contributed by atoms with E-state index in [0.29, 0.717) is 13.2 Å². The molecule has 0 saturated carbocycles. The zero-order chi connectivity index (χ0) is 14.1. The van der Waals surface area contributed by atoms with Crippen molar-refractivity contribution in [3.8, 4) is 0 Å². The first-order valence-corrected chi connectivity index (χ1v) is 6.70.